The van der Waals surface area contributed by atoms with E-state index in [9.17, 15) is 9.59 Å². The highest BCUT2D eigenvalue weighted by Gasteiger charge is 2.29. The van der Waals surface area contributed by atoms with Crippen molar-refractivity contribution in [3.05, 3.63) is 60.2 Å². The van der Waals surface area contributed by atoms with Crippen LogP contribution in [0.2, 0.25) is 0 Å². The molecule has 6 heterocycles. The normalized spacial score (nSPS) is 23.1. The van der Waals surface area contributed by atoms with Crippen LogP contribution in [0.4, 0.5) is 11.6 Å². The molecular formula is C44H52ClN9O4S2. The number of hydrogen-bond acceptors (Lipinski definition) is 14. The second-order valence-electron chi connectivity index (χ2n) is 16.5. The molecule has 4 aromatic heterocycles. The van der Waals surface area contributed by atoms with E-state index in [0.717, 1.165) is 131 Å². The highest BCUT2D eigenvalue weighted by atomic mass is 35.5. The van der Waals surface area contributed by atoms with Crippen LogP contribution in [-0.4, -0.2) is 137 Å². The molecule has 4 fully saturated rings. The summed E-state index contributed by atoms with van der Waals surface area (Å²) in [7, 11) is 3.56. The number of nitrogens with one attached hydrogen (secondary N) is 2. The molecule has 2 aliphatic heterocycles. The van der Waals surface area contributed by atoms with Crippen LogP contribution in [0.25, 0.3) is 40.6 Å². The molecule has 0 bridgehead atoms. The smallest absolute Gasteiger partial charge is 0.253 e. The van der Waals surface area contributed by atoms with Gasteiger partial charge >= 0.3 is 0 Å². The lowest BCUT2D eigenvalue weighted by Crippen LogP contribution is -2.46. The molecule has 0 unspecified atom stereocenters. The highest BCUT2D eigenvalue weighted by molar-refractivity contribution is 7.26. The molecule has 4 aliphatic rings. The number of halogens is 1. The maximum atomic E-state index is 12.5. The Bertz CT molecular complexity index is 2470. The minimum atomic E-state index is -0.445. The maximum Gasteiger partial charge on any atom is 0.253 e. The number of morpholine rings is 2. The van der Waals surface area contributed by atoms with E-state index in [4.69, 9.17) is 21.1 Å². The molecule has 2 N–H and O–H groups in total. The number of fused-ring (bicyclic) bond motifs is 6. The van der Waals surface area contributed by atoms with E-state index in [0.29, 0.717) is 35.3 Å². The summed E-state index contributed by atoms with van der Waals surface area (Å²) in [6.07, 6.45) is 12.6. The standard InChI is InChI=1S/C23H29N5O2S.C21H23ClN4O2S/c1-27(2)23(29)15-3-8-19-18(13-15)20-21(24-14-25-22(20)31-19)26-16-4-6-17(7-5-16)28-9-11-30-12-10-28;22-19(27)13-1-6-17-16(11-13)18-20(23-12-24-21(18)29-17)25-14-2-4-15(5-3-14)26-7-9-28-10-8-26/h3,8,13-14,16-17H,4-7,9-12H2,1-2H3,(H,24,25,26);1,6,11-12,14-15H,2-5,7-10H2,(H,23,24,25). The topological polar surface area (TPSA) is 138 Å². The fourth-order valence-electron chi connectivity index (χ4n) is 9.39. The molecule has 2 saturated carbocycles. The van der Waals surface area contributed by atoms with Gasteiger partial charge in [-0.15, -0.1) is 22.7 Å². The third-order valence-electron chi connectivity index (χ3n) is 12.6. The van der Waals surface area contributed by atoms with Crippen molar-refractivity contribution in [2.75, 3.05) is 77.3 Å². The molecule has 16 heteroatoms. The molecule has 10 rings (SSSR count). The summed E-state index contributed by atoms with van der Waals surface area (Å²) < 4.78 is 13.2. The summed E-state index contributed by atoms with van der Waals surface area (Å²) >= 11 is 8.97. The third-order valence-corrected chi connectivity index (χ3v) is 15.0. The van der Waals surface area contributed by atoms with Gasteiger partial charge in [-0.1, -0.05) is 0 Å². The Hall–Kier alpha value is -4.09. The van der Waals surface area contributed by atoms with Gasteiger partial charge in [-0.2, -0.15) is 0 Å². The Morgan fingerprint density at radius 2 is 1.08 bits per heavy atom. The van der Waals surface area contributed by atoms with Crippen LogP contribution in [0.15, 0.2) is 49.1 Å². The van der Waals surface area contributed by atoms with Gasteiger partial charge in [0.1, 0.15) is 34.0 Å². The molecule has 1 amide bonds. The zero-order chi connectivity index (χ0) is 41.2. The van der Waals surface area contributed by atoms with Crippen LogP contribution in [0.3, 0.4) is 0 Å². The fourth-order valence-corrected chi connectivity index (χ4v) is 11.6. The number of thiophene rings is 2. The summed E-state index contributed by atoms with van der Waals surface area (Å²) in [5.74, 6) is 1.75. The SMILES string of the molecule is CN(C)C(=O)c1ccc2sc3ncnc(NC4CCC(N5CCOCC5)CC4)c3c2c1.O=C(Cl)c1ccc2sc3ncnc(NC4CCC(N5CCOCC5)CC4)c3c2c1. The van der Waals surface area contributed by atoms with Gasteiger partial charge in [-0.25, -0.2) is 19.9 Å². The number of anilines is 2. The van der Waals surface area contributed by atoms with Gasteiger partial charge in [-0.05, 0) is 99.4 Å². The van der Waals surface area contributed by atoms with Crippen molar-refractivity contribution in [1.29, 1.82) is 0 Å². The summed E-state index contributed by atoms with van der Waals surface area (Å²) in [5.41, 5.74) is 1.19. The van der Waals surface area contributed by atoms with E-state index in [1.165, 1.54) is 25.7 Å². The Morgan fingerprint density at radius 1 is 0.650 bits per heavy atom. The lowest BCUT2D eigenvalue weighted by molar-refractivity contribution is 0.00788. The third kappa shape index (κ3) is 8.94. The van der Waals surface area contributed by atoms with Crippen LogP contribution in [-0.2, 0) is 9.47 Å². The maximum absolute atomic E-state index is 12.5. The van der Waals surface area contributed by atoms with Crippen molar-refractivity contribution in [3.8, 4) is 0 Å². The number of hydrogen-bond donors (Lipinski definition) is 2. The summed E-state index contributed by atoms with van der Waals surface area (Å²) in [4.78, 5) is 50.9. The number of carbonyl (C=O) groups excluding carboxylic acids is 2. The van der Waals surface area contributed by atoms with Gasteiger partial charge in [0, 0.05) is 95.7 Å². The number of ether oxygens (including phenoxy) is 2. The predicted molar refractivity (Wildman–Crippen MR) is 242 cm³/mol. The van der Waals surface area contributed by atoms with E-state index < -0.39 is 5.24 Å². The van der Waals surface area contributed by atoms with Crippen LogP contribution < -0.4 is 10.6 Å². The van der Waals surface area contributed by atoms with Crippen LogP contribution in [0.1, 0.15) is 72.1 Å². The van der Waals surface area contributed by atoms with E-state index >= 15 is 0 Å². The minimum Gasteiger partial charge on any atom is -0.379 e. The lowest BCUT2D eigenvalue weighted by Gasteiger charge is -2.39. The Morgan fingerprint density at radius 3 is 1.52 bits per heavy atom. The molecule has 2 saturated heterocycles. The van der Waals surface area contributed by atoms with Gasteiger partial charge < -0.3 is 25.0 Å². The fraction of sp³-hybridized carbons (Fsp3) is 0.500. The van der Waals surface area contributed by atoms with Gasteiger partial charge in [-0.3, -0.25) is 19.4 Å². The Labute approximate surface area is 362 Å². The Balaban J connectivity index is 0.000000154. The molecule has 0 spiro atoms. The molecule has 0 radical (unpaired) electrons. The second kappa shape index (κ2) is 18.5. The number of nitrogens with zero attached hydrogens (tertiary/aromatic N) is 7. The molecule has 60 heavy (non-hydrogen) atoms. The first-order valence-electron chi connectivity index (χ1n) is 21.2. The average Bonchev–Trinajstić information content (AvgIpc) is 3.86. The zero-order valence-corrected chi connectivity index (χ0v) is 36.6. The Kier molecular flexibility index (Phi) is 12.7. The molecule has 2 aliphatic carbocycles. The van der Waals surface area contributed by atoms with Crippen molar-refractivity contribution in [2.24, 2.45) is 0 Å². The lowest BCUT2D eigenvalue weighted by atomic mass is 9.90. The van der Waals surface area contributed by atoms with E-state index in [-0.39, 0.29) is 5.91 Å². The zero-order valence-electron chi connectivity index (χ0n) is 34.2. The largest absolute Gasteiger partial charge is 0.379 e. The monoisotopic (exact) mass is 869 g/mol. The molecule has 0 atom stereocenters. The summed E-state index contributed by atoms with van der Waals surface area (Å²) in [5, 5.41) is 11.0. The van der Waals surface area contributed by atoms with E-state index in [2.05, 4.69) is 40.4 Å². The van der Waals surface area contributed by atoms with Gasteiger partial charge in [0.05, 0.1) is 37.2 Å². The van der Waals surface area contributed by atoms with Crippen LogP contribution >= 0.6 is 34.3 Å². The molecular weight excluding hydrogens is 818 g/mol. The first kappa shape index (κ1) is 41.3. The minimum absolute atomic E-state index is 0.00837. The first-order valence-corrected chi connectivity index (χ1v) is 23.2. The number of rotatable bonds is 8. The van der Waals surface area contributed by atoms with Gasteiger partial charge in [0.25, 0.3) is 11.1 Å². The van der Waals surface area contributed by atoms with Crippen molar-refractivity contribution >= 4 is 97.7 Å². The van der Waals surface area contributed by atoms with Gasteiger partial charge in [0.15, 0.2) is 0 Å². The average molecular weight is 871 g/mol. The van der Waals surface area contributed by atoms with Crippen LogP contribution in [0, 0.1) is 0 Å². The molecule has 6 aromatic rings. The molecule has 316 valence electrons. The summed E-state index contributed by atoms with van der Waals surface area (Å²) in [6, 6.07) is 13.6. The van der Waals surface area contributed by atoms with E-state index in [1.54, 1.807) is 60.4 Å². The predicted octanol–water partition coefficient (Wildman–Crippen LogP) is 7.88. The number of carbonyl (C=O) groups is 2. The summed E-state index contributed by atoms with van der Waals surface area (Å²) in [6.45, 7) is 7.66. The molecule has 13 nitrogen and oxygen atoms in total. The van der Waals surface area contributed by atoms with Gasteiger partial charge in [0.2, 0.25) is 0 Å². The van der Waals surface area contributed by atoms with Crippen molar-refractivity contribution in [3.63, 3.8) is 0 Å². The second-order valence-corrected chi connectivity index (χ2v) is 18.9. The van der Waals surface area contributed by atoms with Crippen molar-refractivity contribution in [2.45, 2.75) is 75.5 Å². The molecule has 2 aromatic carbocycles. The quantitative estimate of drug-likeness (QED) is 0.144. The first-order chi connectivity index (χ1) is 29.3. The van der Waals surface area contributed by atoms with E-state index in [1.807, 2.05) is 30.3 Å². The number of aromatic nitrogens is 4. The van der Waals surface area contributed by atoms with Crippen molar-refractivity contribution in [1.82, 2.24) is 34.6 Å². The number of benzene rings is 2. The number of amides is 1. The van der Waals surface area contributed by atoms with Crippen molar-refractivity contribution < 1.29 is 19.1 Å². The van der Waals surface area contributed by atoms with Crippen LogP contribution in [0.5, 0.6) is 0 Å². The highest BCUT2D eigenvalue weighted by Crippen LogP contribution is 2.39.